The molecule has 6 nitrogen and oxygen atoms in total. The fraction of sp³-hybridized carbons (Fsp3) is 0.133. The first-order valence-corrected chi connectivity index (χ1v) is 6.21. The smallest absolute Gasteiger partial charge is 0.337 e. The number of non-ortho nitro benzene ring substituents is 1. The van der Waals surface area contributed by atoms with E-state index in [2.05, 4.69) is 10.1 Å². The predicted octanol–water partition coefficient (Wildman–Crippen LogP) is 3.43. The topological polar surface area (TPSA) is 81.5 Å². The van der Waals surface area contributed by atoms with Crippen LogP contribution in [0.2, 0.25) is 0 Å². The molecule has 0 heterocycles. The van der Waals surface area contributed by atoms with E-state index >= 15 is 0 Å². The molecule has 0 saturated heterocycles. The second-order valence-electron chi connectivity index (χ2n) is 4.45. The maximum absolute atomic E-state index is 11.5. The molecule has 0 unspecified atom stereocenters. The van der Waals surface area contributed by atoms with Gasteiger partial charge in [0, 0.05) is 23.5 Å². The molecule has 2 rings (SSSR count). The lowest BCUT2D eigenvalue weighted by Crippen LogP contribution is -2.03. The summed E-state index contributed by atoms with van der Waals surface area (Å²) in [4.78, 5) is 21.7. The number of aryl methyl sites for hydroxylation is 1. The molecule has 6 heteroatoms. The highest BCUT2D eigenvalue weighted by molar-refractivity contribution is 5.91. The number of carbonyl (C=O) groups excluding carboxylic acids is 1. The van der Waals surface area contributed by atoms with E-state index in [9.17, 15) is 14.9 Å². The predicted molar refractivity (Wildman–Crippen MR) is 78.9 cm³/mol. The number of esters is 1. The Morgan fingerprint density at radius 3 is 2.43 bits per heavy atom. The molecule has 108 valence electrons. The van der Waals surface area contributed by atoms with Crippen molar-refractivity contribution in [2.75, 3.05) is 12.4 Å². The lowest BCUT2D eigenvalue weighted by Gasteiger charge is -2.11. The van der Waals surface area contributed by atoms with Crippen molar-refractivity contribution >= 4 is 23.0 Å². The van der Waals surface area contributed by atoms with Gasteiger partial charge in [0.1, 0.15) is 0 Å². The second kappa shape index (κ2) is 6.04. The van der Waals surface area contributed by atoms with E-state index in [1.807, 2.05) is 6.92 Å². The van der Waals surface area contributed by atoms with Gasteiger partial charge in [-0.05, 0) is 36.8 Å². The van der Waals surface area contributed by atoms with Crippen molar-refractivity contribution < 1.29 is 14.5 Å². The van der Waals surface area contributed by atoms with Crippen LogP contribution >= 0.6 is 0 Å². The summed E-state index contributed by atoms with van der Waals surface area (Å²) in [5, 5.41) is 13.7. The molecule has 0 amide bonds. The van der Waals surface area contributed by atoms with Gasteiger partial charge in [0.15, 0.2) is 0 Å². The Labute approximate surface area is 121 Å². The van der Waals surface area contributed by atoms with Gasteiger partial charge in [0.2, 0.25) is 0 Å². The molecule has 21 heavy (non-hydrogen) atoms. The monoisotopic (exact) mass is 286 g/mol. The Balaban J connectivity index is 2.26. The molecule has 0 aromatic heterocycles. The maximum Gasteiger partial charge on any atom is 0.337 e. The average Bonchev–Trinajstić information content (AvgIpc) is 2.49. The maximum atomic E-state index is 11.5. The molecule has 0 fully saturated rings. The Morgan fingerprint density at radius 1 is 1.19 bits per heavy atom. The van der Waals surface area contributed by atoms with Gasteiger partial charge < -0.3 is 10.1 Å². The van der Waals surface area contributed by atoms with Gasteiger partial charge in [-0.3, -0.25) is 10.1 Å². The van der Waals surface area contributed by atoms with Crippen molar-refractivity contribution in [1.29, 1.82) is 0 Å². The summed E-state index contributed by atoms with van der Waals surface area (Å²) in [5.41, 5.74) is 2.85. The van der Waals surface area contributed by atoms with Gasteiger partial charge in [-0.1, -0.05) is 6.07 Å². The van der Waals surface area contributed by atoms with Crippen LogP contribution in [0.15, 0.2) is 42.5 Å². The minimum absolute atomic E-state index is 0.0283. The first kappa shape index (κ1) is 14.5. The third-order valence-corrected chi connectivity index (χ3v) is 3.02. The molecule has 0 radical (unpaired) electrons. The molecule has 1 N–H and O–H groups in total. The van der Waals surface area contributed by atoms with Crippen LogP contribution < -0.4 is 5.32 Å². The molecule has 0 bridgehead atoms. The van der Waals surface area contributed by atoms with Crippen LogP contribution in [0, 0.1) is 17.0 Å². The number of hydrogen-bond acceptors (Lipinski definition) is 5. The van der Waals surface area contributed by atoms with E-state index in [1.165, 1.54) is 19.2 Å². The highest BCUT2D eigenvalue weighted by Gasteiger charge is 2.09. The molecule has 0 aliphatic carbocycles. The second-order valence-corrected chi connectivity index (χ2v) is 4.45. The van der Waals surface area contributed by atoms with Gasteiger partial charge in [0.05, 0.1) is 17.6 Å². The van der Waals surface area contributed by atoms with Crippen LogP contribution in [0.5, 0.6) is 0 Å². The molecule has 2 aromatic rings. The molecule has 0 spiro atoms. The van der Waals surface area contributed by atoms with E-state index in [1.54, 1.807) is 30.3 Å². The Bertz CT molecular complexity index is 681. The molecule has 0 aliphatic rings. The Morgan fingerprint density at radius 2 is 1.86 bits per heavy atom. The summed E-state index contributed by atoms with van der Waals surface area (Å²) in [6, 6.07) is 11.2. The number of nitrogens with one attached hydrogen (secondary N) is 1. The summed E-state index contributed by atoms with van der Waals surface area (Å²) in [7, 11) is 1.33. The summed E-state index contributed by atoms with van der Waals surface area (Å²) < 4.78 is 4.68. The van der Waals surface area contributed by atoms with E-state index in [0.717, 1.165) is 11.3 Å². The van der Waals surface area contributed by atoms with Crippen LogP contribution in [0.3, 0.4) is 0 Å². The summed E-state index contributed by atoms with van der Waals surface area (Å²) in [5.74, 6) is -0.415. The van der Waals surface area contributed by atoms with Crippen LogP contribution in [0.1, 0.15) is 15.9 Å². The zero-order valence-electron chi connectivity index (χ0n) is 11.6. The number of methoxy groups -OCH3 is 1. The van der Waals surface area contributed by atoms with Gasteiger partial charge in [-0.2, -0.15) is 0 Å². The number of nitro groups is 1. The number of nitrogens with zero attached hydrogens (tertiary/aromatic N) is 1. The highest BCUT2D eigenvalue weighted by atomic mass is 16.6. The van der Waals surface area contributed by atoms with E-state index in [-0.39, 0.29) is 5.69 Å². The lowest BCUT2D eigenvalue weighted by molar-refractivity contribution is -0.384. The van der Waals surface area contributed by atoms with E-state index < -0.39 is 10.9 Å². The van der Waals surface area contributed by atoms with Crippen LogP contribution in [-0.4, -0.2) is 18.0 Å². The standard InChI is InChI=1S/C15H14N2O4/c1-10-3-4-11(15(18)21-2)9-14(10)16-12-5-7-13(8-6-12)17(19)20/h3-9,16H,1-2H3. The summed E-state index contributed by atoms with van der Waals surface area (Å²) in [6.07, 6.45) is 0. The van der Waals surface area contributed by atoms with Crippen molar-refractivity contribution in [3.05, 3.63) is 63.7 Å². The molecular formula is C15H14N2O4. The molecule has 0 saturated carbocycles. The van der Waals surface area contributed by atoms with E-state index in [0.29, 0.717) is 11.3 Å². The van der Waals surface area contributed by atoms with Gasteiger partial charge >= 0.3 is 5.97 Å². The van der Waals surface area contributed by atoms with Crippen molar-refractivity contribution in [1.82, 2.24) is 0 Å². The van der Waals surface area contributed by atoms with Crippen LogP contribution in [-0.2, 0) is 4.74 Å². The minimum Gasteiger partial charge on any atom is -0.465 e. The van der Waals surface area contributed by atoms with Gasteiger partial charge in [-0.25, -0.2) is 4.79 Å². The Hall–Kier alpha value is -2.89. The zero-order chi connectivity index (χ0) is 15.4. The number of nitro benzene ring substituents is 1. The number of benzene rings is 2. The van der Waals surface area contributed by atoms with E-state index in [4.69, 9.17) is 0 Å². The fourth-order valence-corrected chi connectivity index (χ4v) is 1.82. The van der Waals surface area contributed by atoms with Gasteiger partial charge in [0.25, 0.3) is 5.69 Å². The first-order valence-electron chi connectivity index (χ1n) is 6.21. The number of carbonyl (C=O) groups is 1. The molecular weight excluding hydrogens is 272 g/mol. The lowest BCUT2D eigenvalue weighted by atomic mass is 10.1. The van der Waals surface area contributed by atoms with Crippen molar-refractivity contribution in [3.63, 3.8) is 0 Å². The summed E-state index contributed by atoms with van der Waals surface area (Å²) in [6.45, 7) is 1.90. The third-order valence-electron chi connectivity index (χ3n) is 3.02. The SMILES string of the molecule is COC(=O)c1ccc(C)c(Nc2ccc([N+](=O)[O-])cc2)c1. The van der Waals surface area contributed by atoms with Crippen LogP contribution in [0.4, 0.5) is 17.1 Å². The minimum atomic E-state index is -0.451. The quantitative estimate of drug-likeness (QED) is 0.529. The van der Waals surface area contributed by atoms with Crippen molar-refractivity contribution in [3.8, 4) is 0 Å². The summed E-state index contributed by atoms with van der Waals surface area (Å²) >= 11 is 0. The Kier molecular flexibility index (Phi) is 4.18. The molecule has 0 atom stereocenters. The molecule has 2 aromatic carbocycles. The average molecular weight is 286 g/mol. The number of anilines is 2. The zero-order valence-corrected chi connectivity index (χ0v) is 11.6. The normalized spacial score (nSPS) is 10.0. The van der Waals surface area contributed by atoms with Gasteiger partial charge in [-0.15, -0.1) is 0 Å². The third kappa shape index (κ3) is 3.36. The molecule has 0 aliphatic heterocycles. The number of ether oxygens (including phenoxy) is 1. The fourth-order valence-electron chi connectivity index (χ4n) is 1.82. The number of hydrogen-bond donors (Lipinski definition) is 1. The van der Waals surface area contributed by atoms with Crippen molar-refractivity contribution in [2.45, 2.75) is 6.92 Å². The van der Waals surface area contributed by atoms with Crippen molar-refractivity contribution in [2.24, 2.45) is 0 Å². The van der Waals surface area contributed by atoms with Crippen LogP contribution in [0.25, 0.3) is 0 Å². The largest absolute Gasteiger partial charge is 0.465 e. The highest BCUT2D eigenvalue weighted by Crippen LogP contribution is 2.24. The first-order chi connectivity index (χ1) is 10.0. The number of rotatable bonds is 4.